The number of esters is 1. The quantitative estimate of drug-likeness (QED) is 0.819. The summed E-state index contributed by atoms with van der Waals surface area (Å²) in [6.45, 7) is 0. The van der Waals surface area contributed by atoms with Gasteiger partial charge in [-0.25, -0.2) is 28.2 Å². The molecule has 0 aromatic carbocycles. The van der Waals surface area contributed by atoms with E-state index in [1.165, 1.54) is 24.2 Å². The van der Waals surface area contributed by atoms with Crippen molar-refractivity contribution in [1.29, 1.82) is 0 Å². The van der Waals surface area contributed by atoms with Gasteiger partial charge in [-0.3, -0.25) is 4.72 Å². The number of nitrogens with zero attached hydrogens (tertiary/aromatic N) is 3. The van der Waals surface area contributed by atoms with E-state index < -0.39 is 16.0 Å². The molecule has 0 saturated carbocycles. The lowest BCUT2D eigenvalue weighted by Crippen LogP contribution is -2.16. The van der Waals surface area contributed by atoms with Gasteiger partial charge in [0, 0.05) is 0 Å². The summed E-state index contributed by atoms with van der Waals surface area (Å²) in [7, 11) is -2.78. The number of carbonyl (C=O) groups is 1. The van der Waals surface area contributed by atoms with E-state index >= 15 is 0 Å². The Hall–Kier alpha value is -2.07. The summed E-state index contributed by atoms with van der Waals surface area (Å²) in [5.41, 5.74) is 1.19. The van der Waals surface area contributed by atoms with E-state index in [0.29, 0.717) is 0 Å². The third-order valence-corrected chi connectivity index (χ3v) is 4.72. The fourth-order valence-electron chi connectivity index (χ4n) is 1.21. The van der Waals surface area contributed by atoms with Crippen LogP contribution in [0.3, 0.4) is 0 Å². The predicted octanol–water partition coefficient (Wildman–Crippen LogP) is 0.520. The number of methoxy groups -OCH3 is 1. The summed E-state index contributed by atoms with van der Waals surface area (Å²) in [6.07, 6.45) is 3.86. The van der Waals surface area contributed by atoms with Gasteiger partial charge < -0.3 is 4.74 Å². The summed E-state index contributed by atoms with van der Waals surface area (Å²) >= 11 is 0.816. The first-order valence-corrected chi connectivity index (χ1v) is 7.20. The molecule has 1 N–H and O–H groups in total. The van der Waals surface area contributed by atoms with E-state index in [4.69, 9.17) is 0 Å². The minimum atomic E-state index is -3.93. The van der Waals surface area contributed by atoms with E-state index in [0.717, 1.165) is 18.4 Å². The Bertz CT molecular complexity index is 683. The Labute approximate surface area is 112 Å². The zero-order valence-electron chi connectivity index (χ0n) is 9.60. The molecule has 2 aromatic heterocycles. The summed E-state index contributed by atoms with van der Waals surface area (Å²) < 4.78 is 30.7. The first-order valence-electron chi connectivity index (χ1n) is 4.84. The maximum atomic E-state index is 12.1. The number of ether oxygens (including phenoxy) is 1. The van der Waals surface area contributed by atoms with Gasteiger partial charge in [-0.05, 0) is 0 Å². The predicted molar refractivity (Wildman–Crippen MR) is 66.3 cm³/mol. The van der Waals surface area contributed by atoms with Crippen LogP contribution in [0.4, 0.5) is 5.69 Å². The van der Waals surface area contributed by atoms with Crippen molar-refractivity contribution >= 4 is 33.0 Å². The normalized spacial score (nSPS) is 11.0. The fourth-order valence-corrected chi connectivity index (χ4v) is 3.37. The zero-order valence-corrected chi connectivity index (χ0v) is 11.2. The average Bonchev–Trinajstić information content (AvgIpc) is 2.88. The van der Waals surface area contributed by atoms with Gasteiger partial charge in [0.25, 0.3) is 10.0 Å². The van der Waals surface area contributed by atoms with E-state index in [1.54, 1.807) is 0 Å². The lowest BCUT2D eigenvalue weighted by molar-refractivity contribution is 0.0590. The van der Waals surface area contributed by atoms with E-state index in [2.05, 4.69) is 24.4 Å². The molecule has 8 nitrogen and oxygen atoms in total. The van der Waals surface area contributed by atoms with Gasteiger partial charge in [0.2, 0.25) is 0 Å². The largest absolute Gasteiger partial charge is 0.464 e. The van der Waals surface area contributed by atoms with Crippen molar-refractivity contribution in [2.75, 3.05) is 11.8 Å². The Balaban J connectivity index is 2.36. The lowest BCUT2D eigenvalue weighted by atomic mass is 10.5. The van der Waals surface area contributed by atoms with Gasteiger partial charge in [-0.2, -0.15) is 0 Å². The van der Waals surface area contributed by atoms with Crippen LogP contribution in [-0.2, 0) is 14.8 Å². The maximum Gasteiger partial charge on any atom is 0.358 e. The number of sulfonamides is 1. The van der Waals surface area contributed by atoms with E-state index in [9.17, 15) is 13.2 Å². The Kier molecular flexibility index (Phi) is 3.71. The number of rotatable bonds is 4. The summed E-state index contributed by atoms with van der Waals surface area (Å²) in [4.78, 5) is 22.5. The van der Waals surface area contributed by atoms with Crippen LogP contribution in [0, 0.1) is 0 Å². The number of carbonyl (C=O) groups excluding carboxylic acids is 1. The van der Waals surface area contributed by atoms with E-state index in [-0.39, 0.29) is 15.6 Å². The Morgan fingerprint density at radius 1 is 1.37 bits per heavy atom. The van der Waals surface area contributed by atoms with Crippen LogP contribution in [-0.4, -0.2) is 36.4 Å². The molecule has 0 aliphatic heterocycles. The number of hydrogen-bond donors (Lipinski definition) is 1. The number of nitrogens with one attached hydrogen (secondary N) is 1. The van der Waals surface area contributed by atoms with Crippen LogP contribution < -0.4 is 4.72 Å². The number of thiazole rings is 1. The molecule has 100 valence electrons. The topological polar surface area (TPSA) is 111 Å². The molecule has 0 spiro atoms. The van der Waals surface area contributed by atoms with Crippen molar-refractivity contribution in [2.45, 2.75) is 4.21 Å². The molecule has 10 heteroatoms. The molecule has 2 heterocycles. The molecule has 0 radical (unpaired) electrons. The molecule has 19 heavy (non-hydrogen) atoms. The van der Waals surface area contributed by atoms with Crippen molar-refractivity contribution < 1.29 is 17.9 Å². The Morgan fingerprint density at radius 2 is 2.05 bits per heavy atom. The second-order valence-electron chi connectivity index (χ2n) is 3.21. The molecular formula is C9H8N4O4S2. The fraction of sp³-hybridized carbons (Fsp3) is 0.111. The van der Waals surface area contributed by atoms with Crippen molar-refractivity contribution in [2.24, 2.45) is 0 Å². The molecule has 0 fully saturated rings. The van der Waals surface area contributed by atoms with Gasteiger partial charge >= 0.3 is 5.97 Å². The van der Waals surface area contributed by atoms with Gasteiger partial charge in [0.15, 0.2) is 9.90 Å². The molecule has 2 rings (SSSR count). The molecule has 0 aliphatic carbocycles. The van der Waals surface area contributed by atoms with Gasteiger partial charge in [0.05, 0.1) is 30.7 Å². The highest BCUT2D eigenvalue weighted by Gasteiger charge is 2.26. The van der Waals surface area contributed by atoms with Crippen LogP contribution in [0.5, 0.6) is 0 Å². The third kappa shape index (κ3) is 2.85. The third-order valence-electron chi connectivity index (χ3n) is 1.97. The summed E-state index contributed by atoms with van der Waals surface area (Å²) in [6, 6.07) is 0. The van der Waals surface area contributed by atoms with Crippen LogP contribution in [0.25, 0.3) is 0 Å². The smallest absolute Gasteiger partial charge is 0.358 e. The molecule has 0 aliphatic rings. The van der Waals surface area contributed by atoms with E-state index in [1.807, 2.05) is 0 Å². The second-order valence-corrected chi connectivity index (χ2v) is 5.95. The van der Waals surface area contributed by atoms with Gasteiger partial charge in [-0.1, -0.05) is 0 Å². The first-order chi connectivity index (χ1) is 9.04. The van der Waals surface area contributed by atoms with Crippen molar-refractivity contribution in [3.8, 4) is 0 Å². The highest BCUT2D eigenvalue weighted by molar-refractivity contribution is 7.94. The number of anilines is 1. The molecule has 0 bridgehead atoms. The highest BCUT2D eigenvalue weighted by Crippen LogP contribution is 2.23. The average molecular weight is 300 g/mol. The summed E-state index contributed by atoms with van der Waals surface area (Å²) in [5, 5.41) is 0. The maximum absolute atomic E-state index is 12.1. The molecule has 0 atom stereocenters. The van der Waals surface area contributed by atoms with Crippen LogP contribution in [0.2, 0.25) is 0 Å². The molecule has 0 amide bonds. The van der Waals surface area contributed by atoms with Gasteiger partial charge in [0.1, 0.15) is 6.33 Å². The number of aromatic nitrogens is 3. The van der Waals surface area contributed by atoms with Crippen LogP contribution >= 0.6 is 11.3 Å². The first kappa shape index (κ1) is 13.4. The second kappa shape index (κ2) is 5.28. The minimum absolute atomic E-state index is 0.187. The SMILES string of the molecule is COC(=O)c1ncsc1S(=O)(=O)Nc1cncnc1. The van der Waals surface area contributed by atoms with Crippen molar-refractivity contribution in [3.63, 3.8) is 0 Å². The number of hydrogen-bond acceptors (Lipinski definition) is 8. The van der Waals surface area contributed by atoms with Gasteiger partial charge in [-0.15, -0.1) is 11.3 Å². The standard InChI is InChI=1S/C9H8N4O4S2/c1-17-8(14)7-9(18-5-12-7)19(15,16)13-6-2-10-4-11-3-6/h2-5,13H,1H3. The molecule has 0 unspecified atom stereocenters. The van der Waals surface area contributed by atoms with Crippen molar-refractivity contribution in [3.05, 3.63) is 29.9 Å². The highest BCUT2D eigenvalue weighted by atomic mass is 32.2. The summed E-state index contributed by atoms with van der Waals surface area (Å²) in [5.74, 6) is -0.814. The zero-order chi connectivity index (χ0) is 13.9. The molecule has 2 aromatic rings. The van der Waals surface area contributed by atoms with Crippen LogP contribution in [0.15, 0.2) is 28.4 Å². The lowest BCUT2D eigenvalue weighted by Gasteiger charge is -2.05. The minimum Gasteiger partial charge on any atom is -0.464 e. The monoisotopic (exact) mass is 300 g/mol. The molecular weight excluding hydrogens is 292 g/mol. The molecule has 0 saturated heterocycles. The van der Waals surface area contributed by atoms with Crippen molar-refractivity contribution in [1.82, 2.24) is 15.0 Å². The van der Waals surface area contributed by atoms with Crippen LogP contribution in [0.1, 0.15) is 10.5 Å². The Morgan fingerprint density at radius 3 is 2.68 bits per heavy atom.